The van der Waals surface area contributed by atoms with E-state index in [4.69, 9.17) is 4.74 Å². The van der Waals surface area contributed by atoms with E-state index in [1.165, 1.54) is 16.4 Å². The number of nitrogens with one attached hydrogen (secondary N) is 1. The van der Waals surface area contributed by atoms with Gasteiger partial charge in [-0.25, -0.2) is 8.42 Å². The highest BCUT2D eigenvalue weighted by Crippen LogP contribution is 2.19. The maximum absolute atomic E-state index is 13.2. The first-order valence-corrected chi connectivity index (χ1v) is 10.9. The molecule has 7 heteroatoms. The lowest BCUT2D eigenvalue weighted by Gasteiger charge is -2.22. The number of carbonyl (C=O) groups is 1. The minimum absolute atomic E-state index is 0.0974. The third-order valence-corrected chi connectivity index (χ3v) is 6.38. The number of sulfonamides is 1. The van der Waals surface area contributed by atoms with Crippen LogP contribution in [0.1, 0.15) is 11.1 Å². The van der Waals surface area contributed by atoms with E-state index in [2.05, 4.69) is 5.32 Å². The zero-order chi connectivity index (χ0) is 21.4. The molecule has 0 bridgehead atoms. The van der Waals surface area contributed by atoms with Crippen LogP contribution in [-0.2, 0) is 27.9 Å². The number of para-hydroxylation sites is 1. The molecule has 1 N–H and O–H groups in total. The van der Waals surface area contributed by atoms with E-state index in [-0.39, 0.29) is 24.5 Å². The van der Waals surface area contributed by atoms with Crippen LogP contribution in [0.15, 0.2) is 89.8 Å². The molecule has 3 rings (SSSR count). The normalized spacial score (nSPS) is 11.3. The molecule has 0 aliphatic heterocycles. The maximum Gasteiger partial charge on any atom is 0.243 e. The van der Waals surface area contributed by atoms with Crippen LogP contribution >= 0.6 is 0 Å². The molecular formula is C23H24N2O4S. The Hall–Kier alpha value is -3.16. The predicted molar refractivity (Wildman–Crippen MR) is 115 cm³/mol. The largest absolute Gasteiger partial charge is 0.496 e. The van der Waals surface area contributed by atoms with E-state index in [0.717, 1.165) is 11.1 Å². The smallest absolute Gasteiger partial charge is 0.243 e. The van der Waals surface area contributed by atoms with Crippen LogP contribution in [0.4, 0.5) is 0 Å². The number of hydrogen-bond acceptors (Lipinski definition) is 4. The van der Waals surface area contributed by atoms with Gasteiger partial charge in [-0.1, -0.05) is 66.7 Å². The Morgan fingerprint density at radius 3 is 2.17 bits per heavy atom. The highest BCUT2D eigenvalue weighted by atomic mass is 32.2. The fourth-order valence-corrected chi connectivity index (χ4v) is 4.42. The van der Waals surface area contributed by atoms with Crippen molar-refractivity contribution in [3.05, 3.63) is 96.1 Å². The quantitative estimate of drug-likeness (QED) is 0.572. The van der Waals surface area contributed by atoms with Crippen LogP contribution in [0, 0.1) is 0 Å². The fraction of sp³-hybridized carbons (Fsp3) is 0.174. The van der Waals surface area contributed by atoms with Gasteiger partial charge in [-0.2, -0.15) is 4.31 Å². The lowest BCUT2D eigenvalue weighted by Crippen LogP contribution is -2.40. The van der Waals surface area contributed by atoms with Crippen molar-refractivity contribution in [1.82, 2.24) is 9.62 Å². The van der Waals surface area contributed by atoms with Gasteiger partial charge < -0.3 is 10.1 Å². The summed E-state index contributed by atoms with van der Waals surface area (Å²) in [5.41, 5.74) is 1.61. The summed E-state index contributed by atoms with van der Waals surface area (Å²) >= 11 is 0. The first kappa shape index (κ1) is 21.5. The second kappa shape index (κ2) is 10.0. The molecule has 0 aliphatic carbocycles. The summed E-state index contributed by atoms with van der Waals surface area (Å²) < 4.78 is 32.8. The second-order valence-electron chi connectivity index (χ2n) is 6.66. The van der Waals surface area contributed by atoms with E-state index in [1.54, 1.807) is 25.3 Å². The molecule has 1 amide bonds. The summed E-state index contributed by atoms with van der Waals surface area (Å²) in [7, 11) is -2.28. The Balaban J connectivity index is 1.77. The molecule has 0 aromatic heterocycles. The molecule has 0 fully saturated rings. The molecule has 0 radical (unpaired) electrons. The van der Waals surface area contributed by atoms with Gasteiger partial charge >= 0.3 is 0 Å². The van der Waals surface area contributed by atoms with Gasteiger partial charge in [0.15, 0.2) is 0 Å². The fourth-order valence-electron chi connectivity index (χ4n) is 3.01. The van der Waals surface area contributed by atoms with E-state index in [0.29, 0.717) is 5.75 Å². The third kappa shape index (κ3) is 5.46. The number of benzene rings is 3. The molecule has 0 heterocycles. The van der Waals surface area contributed by atoms with Crippen molar-refractivity contribution in [2.75, 3.05) is 13.7 Å². The van der Waals surface area contributed by atoms with Gasteiger partial charge in [-0.05, 0) is 23.8 Å². The third-order valence-electron chi connectivity index (χ3n) is 4.57. The second-order valence-corrected chi connectivity index (χ2v) is 8.60. The molecular weight excluding hydrogens is 400 g/mol. The van der Waals surface area contributed by atoms with E-state index in [1.807, 2.05) is 54.6 Å². The number of carbonyl (C=O) groups excluding carboxylic acids is 1. The van der Waals surface area contributed by atoms with Gasteiger partial charge in [0.1, 0.15) is 5.75 Å². The van der Waals surface area contributed by atoms with E-state index in [9.17, 15) is 13.2 Å². The summed E-state index contributed by atoms with van der Waals surface area (Å²) in [6, 6.07) is 24.7. The summed E-state index contributed by atoms with van der Waals surface area (Å²) in [5, 5.41) is 2.79. The Bertz CT molecular complexity index is 1070. The molecule has 0 unspecified atom stereocenters. The number of nitrogens with zero attached hydrogens (tertiary/aromatic N) is 1. The maximum atomic E-state index is 13.2. The average molecular weight is 425 g/mol. The summed E-state index contributed by atoms with van der Waals surface area (Å²) in [4.78, 5) is 12.8. The number of rotatable bonds is 9. The van der Waals surface area contributed by atoms with Crippen molar-refractivity contribution in [2.24, 2.45) is 0 Å². The van der Waals surface area contributed by atoms with Crippen LogP contribution in [0.5, 0.6) is 5.75 Å². The number of hydrogen-bond donors (Lipinski definition) is 1. The predicted octanol–water partition coefficient (Wildman–Crippen LogP) is 3.20. The Morgan fingerprint density at radius 2 is 1.50 bits per heavy atom. The van der Waals surface area contributed by atoms with Gasteiger partial charge in [0, 0.05) is 18.7 Å². The zero-order valence-electron chi connectivity index (χ0n) is 16.7. The van der Waals surface area contributed by atoms with Gasteiger partial charge in [0.25, 0.3) is 0 Å². The molecule has 0 spiro atoms. The number of methoxy groups -OCH3 is 1. The summed E-state index contributed by atoms with van der Waals surface area (Å²) in [6.07, 6.45) is 0. The molecule has 156 valence electrons. The topological polar surface area (TPSA) is 75.7 Å². The van der Waals surface area contributed by atoms with Crippen molar-refractivity contribution < 1.29 is 17.9 Å². The van der Waals surface area contributed by atoms with Crippen molar-refractivity contribution in [1.29, 1.82) is 0 Å². The highest BCUT2D eigenvalue weighted by molar-refractivity contribution is 7.89. The lowest BCUT2D eigenvalue weighted by atomic mass is 10.2. The number of amides is 1. The Morgan fingerprint density at radius 1 is 0.900 bits per heavy atom. The highest BCUT2D eigenvalue weighted by Gasteiger charge is 2.26. The SMILES string of the molecule is COc1ccccc1CNC(=O)CN(Cc1ccccc1)S(=O)(=O)c1ccccc1. The van der Waals surface area contributed by atoms with E-state index < -0.39 is 15.9 Å². The van der Waals surface area contributed by atoms with Crippen LogP contribution in [0.2, 0.25) is 0 Å². The molecule has 0 atom stereocenters. The van der Waals surface area contributed by atoms with Crippen molar-refractivity contribution in [2.45, 2.75) is 18.0 Å². The zero-order valence-corrected chi connectivity index (χ0v) is 17.5. The average Bonchev–Trinajstić information content (AvgIpc) is 2.78. The van der Waals surface area contributed by atoms with Crippen molar-refractivity contribution in [3.63, 3.8) is 0 Å². The van der Waals surface area contributed by atoms with Gasteiger partial charge in [0.05, 0.1) is 18.6 Å². The molecule has 6 nitrogen and oxygen atoms in total. The van der Waals surface area contributed by atoms with Gasteiger partial charge in [-0.15, -0.1) is 0 Å². The van der Waals surface area contributed by atoms with E-state index >= 15 is 0 Å². The van der Waals surface area contributed by atoms with Crippen molar-refractivity contribution >= 4 is 15.9 Å². The number of ether oxygens (including phenoxy) is 1. The first-order valence-electron chi connectivity index (χ1n) is 9.48. The van der Waals surface area contributed by atoms with Crippen LogP contribution in [0.25, 0.3) is 0 Å². The monoisotopic (exact) mass is 424 g/mol. The van der Waals surface area contributed by atoms with Gasteiger partial charge in [-0.3, -0.25) is 4.79 Å². The summed E-state index contributed by atoms with van der Waals surface area (Å²) in [5.74, 6) is 0.271. The standard InChI is InChI=1S/C23H24N2O4S/c1-29-22-15-9-8-12-20(22)16-24-23(26)18-25(17-19-10-4-2-5-11-19)30(27,28)21-13-6-3-7-14-21/h2-15H,16-18H2,1H3,(H,24,26). The molecule has 3 aromatic carbocycles. The molecule has 0 aliphatic rings. The van der Waals surface area contributed by atoms with Crippen molar-refractivity contribution in [3.8, 4) is 5.75 Å². The van der Waals surface area contributed by atoms with Crippen LogP contribution < -0.4 is 10.1 Å². The lowest BCUT2D eigenvalue weighted by molar-refractivity contribution is -0.121. The van der Waals surface area contributed by atoms with Gasteiger partial charge in [0.2, 0.25) is 15.9 Å². The molecule has 3 aromatic rings. The molecule has 30 heavy (non-hydrogen) atoms. The molecule has 0 saturated heterocycles. The summed E-state index contributed by atoms with van der Waals surface area (Å²) in [6.45, 7) is 0.0504. The first-order chi connectivity index (χ1) is 14.5. The Labute approximate surface area is 177 Å². The minimum Gasteiger partial charge on any atom is -0.496 e. The van der Waals surface area contributed by atoms with Crippen LogP contribution in [-0.4, -0.2) is 32.3 Å². The van der Waals surface area contributed by atoms with Crippen LogP contribution in [0.3, 0.4) is 0 Å². The minimum atomic E-state index is -3.84. The molecule has 0 saturated carbocycles. The Kier molecular flexibility index (Phi) is 7.21.